The summed E-state index contributed by atoms with van der Waals surface area (Å²) in [5, 5.41) is 8.76. The third kappa shape index (κ3) is 9.39. The highest BCUT2D eigenvalue weighted by molar-refractivity contribution is 7.68. The second kappa shape index (κ2) is 19.8. The average molecular weight is 853 g/mol. The lowest BCUT2D eigenvalue weighted by Crippen LogP contribution is -2.14. The first-order valence-electron chi connectivity index (χ1n) is 21.7. The Bertz CT molecular complexity index is 2890. The molecule has 6 heteroatoms. The second-order valence-electron chi connectivity index (χ2n) is 15.8. The van der Waals surface area contributed by atoms with E-state index in [9.17, 15) is 0 Å². The topological polar surface area (TPSA) is 44.7 Å². The third-order valence-corrected chi connectivity index (χ3v) is 14.2. The molecule has 0 aliphatic rings. The molecule has 0 saturated carbocycles. The van der Waals surface area contributed by atoms with E-state index in [0.29, 0.717) is 5.75 Å². The minimum atomic E-state index is -1.96. The maximum atomic E-state index is 7.50. The Balaban J connectivity index is 1.36. The van der Waals surface area contributed by atoms with Gasteiger partial charge in [0.05, 0.1) is 0 Å². The van der Waals surface area contributed by atoms with E-state index in [-0.39, 0.29) is 0 Å². The Labute approximate surface area is 368 Å². The minimum Gasteiger partial charge on any atom is -0.464 e. The monoisotopic (exact) mass is 852 g/mol. The van der Waals surface area contributed by atoms with Gasteiger partial charge >= 0.3 is 8.24 Å². The molecule has 0 unspecified atom stereocenters. The van der Waals surface area contributed by atoms with E-state index >= 15 is 0 Å². The van der Waals surface area contributed by atoms with Crippen LogP contribution in [-0.4, -0.2) is 0 Å². The van der Waals surface area contributed by atoms with Crippen LogP contribution in [0, 0.1) is 13.8 Å². The molecule has 62 heavy (non-hydrogen) atoms. The Morgan fingerprint density at radius 3 is 1.77 bits per heavy atom. The Morgan fingerprint density at radius 1 is 0.661 bits per heavy atom. The van der Waals surface area contributed by atoms with Gasteiger partial charge in [0, 0.05) is 26.9 Å². The van der Waals surface area contributed by atoms with Crippen LogP contribution >= 0.6 is 16.4 Å². The van der Waals surface area contributed by atoms with Gasteiger partial charge in [0.25, 0.3) is 0 Å². The largest absolute Gasteiger partial charge is 0.464 e. The number of aryl methyl sites for hydroxylation is 1. The lowest BCUT2D eigenvalue weighted by Gasteiger charge is -2.24. The minimum absolute atomic E-state index is 0.666. The maximum absolute atomic E-state index is 7.50. The molecular weight excluding hydrogens is 799 g/mol. The van der Waals surface area contributed by atoms with Crippen molar-refractivity contribution >= 4 is 76.6 Å². The van der Waals surface area contributed by atoms with Crippen molar-refractivity contribution in [2.45, 2.75) is 67.2 Å². The van der Waals surface area contributed by atoms with E-state index in [1.165, 1.54) is 11.1 Å². The molecule has 0 saturated heterocycles. The molecular formula is C56H54O4P2. The van der Waals surface area contributed by atoms with Gasteiger partial charge in [-0.05, 0) is 121 Å². The van der Waals surface area contributed by atoms with Gasteiger partial charge < -0.3 is 17.4 Å². The van der Waals surface area contributed by atoms with Crippen LogP contribution in [-0.2, 0) is 4.52 Å². The first-order chi connectivity index (χ1) is 30.3. The van der Waals surface area contributed by atoms with Crippen molar-refractivity contribution < 1.29 is 17.4 Å². The van der Waals surface area contributed by atoms with Gasteiger partial charge in [-0.1, -0.05) is 165 Å². The fourth-order valence-corrected chi connectivity index (χ4v) is 10.6. The van der Waals surface area contributed by atoms with Crippen LogP contribution < -0.4 is 15.1 Å². The summed E-state index contributed by atoms with van der Waals surface area (Å²) < 4.78 is 28.3. The molecule has 0 spiro atoms. The summed E-state index contributed by atoms with van der Waals surface area (Å²) in [6.45, 7) is 13.1. The fourth-order valence-electron chi connectivity index (χ4n) is 7.75. The number of rotatable bonds is 14. The first kappa shape index (κ1) is 42.6. The summed E-state index contributed by atoms with van der Waals surface area (Å²) in [5.41, 5.74) is 8.21. The third-order valence-electron chi connectivity index (χ3n) is 11.3. The average Bonchev–Trinajstić information content (AvgIpc) is 3.47. The van der Waals surface area contributed by atoms with Crippen molar-refractivity contribution in [1.29, 1.82) is 0 Å². The molecule has 0 N–H and O–H groups in total. The summed E-state index contributed by atoms with van der Waals surface area (Å²) in [4.78, 5) is 0. The van der Waals surface area contributed by atoms with Crippen molar-refractivity contribution in [2.24, 2.45) is 0 Å². The fraction of sp³-hybridized carbons (Fsp3) is 0.179. The molecule has 312 valence electrons. The molecule has 0 bridgehead atoms. The molecule has 0 aliphatic carbocycles. The Kier molecular flexibility index (Phi) is 13.6. The van der Waals surface area contributed by atoms with E-state index in [1.807, 2.05) is 6.07 Å². The van der Waals surface area contributed by atoms with Crippen molar-refractivity contribution in [2.75, 3.05) is 0 Å². The van der Waals surface area contributed by atoms with Gasteiger partial charge in [-0.2, -0.15) is 0 Å². The molecule has 8 aromatic rings. The predicted molar refractivity (Wildman–Crippen MR) is 267 cm³/mol. The highest BCUT2D eigenvalue weighted by Crippen LogP contribution is 2.45. The summed E-state index contributed by atoms with van der Waals surface area (Å²) in [5.74, 6) is 1.49. The van der Waals surface area contributed by atoms with Crippen molar-refractivity contribution in [3.63, 3.8) is 0 Å². The number of benzene rings is 7. The van der Waals surface area contributed by atoms with Crippen molar-refractivity contribution in [1.82, 2.24) is 0 Å². The number of hydrogen-bond donors (Lipinski definition) is 0. The van der Waals surface area contributed by atoms with Gasteiger partial charge in [-0.3, -0.25) is 0 Å². The van der Waals surface area contributed by atoms with Crippen LogP contribution in [0.2, 0.25) is 0 Å². The maximum Gasteiger partial charge on any atom is 0.453 e. The van der Waals surface area contributed by atoms with Crippen LogP contribution in [0.4, 0.5) is 0 Å². The normalized spacial score (nSPS) is 12.2. The molecule has 0 atom stereocenters. The Hall–Kier alpha value is -6.05. The second-order valence-corrected chi connectivity index (χ2v) is 18.6. The highest BCUT2D eigenvalue weighted by Gasteiger charge is 2.23. The Morgan fingerprint density at radius 2 is 1.23 bits per heavy atom. The standard InChI is InChI=1S/C56H54O4P2/c1-7-9-21-44(39(3)4)37-45(22-10-8-2)54(57-61(46-25-13-11-14-26-46)47-27-15-12-16-28-47)38-50-41(6)40(5)31-34-51(50)58-62-59-52-35-32-42-23-17-19-29-48(42)55(52)56-49-30-20-18-24-43(49)33-36-53(56)60-62/h9,11-21,23-38H,7-8,10,22H2,1-6H3/b21-9-,45-37-,54-38-. The zero-order valence-electron chi connectivity index (χ0n) is 36.5. The van der Waals surface area contributed by atoms with Crippen LogP contribution in [0.15, 0.2) is 195 Å². The van der Waals surface area contributed by atoms with Gasteiger partial charge in [0.1, 0.15) is 22.7 Å². The predicted octanol–water partition coefficient (Wildman–Crippen LogP) is 16.9. The van der Waals surface area contributed by atoms with E-state index in [0.717, 1.165) is 108 Å². The zero-order valence-corrected chi connectivity index (χ0v) is 38.3. The molecule has 1 heterocycles. The summed E-state index contributed by atoms with van der Waals surface area (Å²) in [6, 6.07) is 50.6. The van der Waals surface area contributed by atoms with Crippen LogP contribution in [0.3, 0.4) is 0 Å². The zero-order chi connectivity index (χ0) is 43.0. The molecule has 1 aromatic heterocycles. The first-order valence-corrected chi connectivity index (χ1v) is 24.0. The molecule has 8 rings (SSSR count). The SMILES string of the molecule is CC/C=C\C(/C=C(CCCC)\C(=C\c1c(Op2oc3ccc4ccccc4c3c3c(ccc4ccccc43)o2)ccc(C)c1C)OP(c1ccccc1)c1ccccc1)=C(C)C. The van der Waals surface area contributed by atoms with E-state index < -0.39 is 16.4 Å². The lowest BCUT2D eigenvalue weighted by molar-refractivity contribution is 0.489. The number of unbranched alkanes of at least 4 members (excludes halogenated alkanes) is 1. The summed E-state index contributed by atoms with van der Waals surface area (Å²) in [7, 11) is -3.21. The van der Waals surface area contributed by atoms with Gasteiger partial charge in [0.15, 0.2) is 8.15 Å². The summed E-state index contributed by atoms with van der Waals surface area (Å²) >= 11 is 0. The van der Waals surface area contributed by atoms with Gasteiger partial charge in [0.2, 0.25) is 0 Å². The smallest absolute Gasteiger partial charge is 0.453 e. The van der Waals surface area contributed by atoms with E-state index in [4.69, 9.17) is 17.4 Å². The van der Waals surface area contributed by atoms with Crippen molar-refractivity contribution in [3.05, 3.63) is 203 Å². The quantitative estimate of drug-likeness (QED) is 0.0621. The molecule has 7 aromatic carbocycles. The van der Waals surface area contributed by atoms with Gasteiger partial charge in [-0.15, -0.1) is 0 Å². The van der Waals surface area contributed by atoms with E-state index in [2.05, 4.69) is 205 Å². The van der Waals surface area contributed by atoms with E-state index in [1.54, 1.807) is 0 Å². The van der Waals surface area contributed by atoms with Crippen LogP contribution in [0.5, 0.6) is 5.75 Å². The highest BCUT2D eigenvalue weighted by atomic mass is 31.1. The van der Waals surface area contributed by atoms with Crippen LogP contribution in [0.1, 0.15) is 70.1 Å². The van der Waals surface area contributed by atoms with Gasteiger partial charge in [-0.25, -0.2) is 0 Å². The molecule has 0 amide bonds. The number of allylic oxidation sites excluding steroid dienone is 6. The molecule has 0 fully saturated rings. The summed E-state index contributed by atoms with van der Waals surface area (Å²) in [6.07, 6.45) is 12.9. The van der Waals surface area contributed by atoms with Crippen LogP contribution in [0.25, 0.3) is 49.6 Å². The number of hydrogen-bond acceptors (Lipinski definition) is 4. The molecule has 4 nitrogen and oxygen atoms in total. The van der Waals surface area contributed by atoms with Crippen molar-refractivity contribution in [3.8, 4) is 5.75 Å². The molecule has 0 aliphatic heterocycles. The lowest BCUT2D eigenvalue weighted by atomic mass is 9.97. The number of fused-ring (bicyclic) bond motifs is 7. The molecule has 0 radical (unpaired) electrons.